The van der Waals surface area contributed by atoms with E-state index < -0.39 is 0 Å². The van der Waals surface area contributed by atoms with Crippen LogP contribution < -0.4 is 10.2 Å². The molecule has 0 spiro atoms. The molecule has 2 aromatic rings. The number of phenols is 1. The summed E-state index contributed by atoms with van der Waals surface area (Å²) in [6, 6.07) is 12.9. The second kappa shape index (κ2) is 5.58. The molecular weight excluding hydrogens is 264 g/mol. The molecule has 21 heavy (non-hydrogen) atoms. The van der Waals surface area contributed by atoms with Crippen LogP contribution in [0.4, 0.5) is 5.69 Å². The largest absolute Gasteiger partial charge is 0.508 e. The van der Waals surface area contributed by atoms with Gasteiger partial charge in [0.25, 0.3) is 5.91 Å². The Hall–Kier alpha value is -2.33. The lowest BCUT2D eigenvalue weighted by Crippen LogP contribution is -2.34. The number of fused-ring (bicyclic) bond motifs is 1. The minimum atomic E-state index is -0.0331. The van der Waals surface area contributed by atoms with Gasteiger partial charge in [0.1, 0.15) is 5.75 Å². The van der Waals surface area contributed by atoms with Gasteiger partial charge >= 0.3 is 0 Å². The van der Waals surface area contributed by atoms with E-state index >= 15 is 0 Å². The second-order valence-electron chi connectivity index (χ2n) is 5.26. The minimum Gasteiger partial charge on any atom is -0.508 e. The zero-order chi connectivity index (χ0) is 14.8. The number of nitrogens with zero attached hydrogens (tertiary/aromatic N) is 1. The maximum absolute atomic E-state index is 12.8. The summed E-state index contributed by atoms with van der Waals surface area (Å²) in [5.74, 6) is 0.179. The van der Waals surface area contributed by atoms with Crippen LogP contribution in [-0.2, 0) is 6.54 Å². The molecule has 1 amide bonds. The lowest BCUT2D eigenvalue weighted by atomic mass is 10.1. The molecule has 4 nitrogen and oxygen atoms in total. The Labute approximate surface area is 124 Å². The average molecular weight is 282 g/mol. The van der Waals surface area contributed by atoms with Crippen LogP contribution in [0.1, 0.15) is 21.5 Å². The molecule has 0 saturated carbocycles. The topological polar surface area (TPSA) is 52.6 Å². The Morgan fingerprint density at radius 1 is 1.24 bits per heavy atom. The van der Waals surface area contributed by atoms with Gasteiger partial charge in [-0.1, -0.05) is 18.2 Å². The van der Waals surface area contributed by atoms with Crippen molar-refractivity contribution in [2.24, 2.45) is 0 Å². The number of para-hydroxylation sites is 1. The van der Waals surface area contributed by atoms with Gasteiger partial charge in [-0.15, -0.1) is 0 Å². The summed E-state index contributed by atoms with van der Waals surface area (Å²) in [6.07, 6.45) is 0. The Bertz CT molecular complexity index is 682. The molecule has 0 radical (unpaired) electrons. The summed E-state index contributed by atoms with van der Waals surface area (Å²) >= 11 is 0. The van der Waals surface area contributed by atoms with E-state index in [9.17, 15) is 9.90 Å². The SMILES string of the molecule is Cc1cc(C(=O)N2CCNCc3ccccc32)ccc1O. The number of hydrogen-bond donors (Lipinski definition) is 2. The smallest absolute Gasteiger partial charge is 0.258 e. The molecule has 1 aliphatic rings. The summed E-state index contributed by atoms with van der Waals surface area (Å²) in [6.45, 7) is 3.96. The maximum Gasteiger partial charge on any atom is 0.258 e. The molecule has 3 rings (SSSR count). The van der Waals surface area contributed by atoms with Crippen molar-refractivity contribution in [3.05, 3.63) is 59.2 Å². The van der Waals surface area contributed by atoms with Crippen molar-refractivity contribution in [3.63, 3.8) is 0 Å². The molecule has 2 aromatic carbocycles. The zero-order valence-corrected chi connectivity index (χ0v) is 12.0. The van der Waals surface area contributed by atoms with Gasteiger partial charge in [0, 0.05) is 30.9 Å². The summed E-state index contributed by atoms with van der Waals surface area (Å²) in [5.41, 5.74) is 3.39. The number of benzene rings is 2. The number of phenolic OH excluding ortho intramolecular Hbond substituents is 1. The van der Waals surface area contributed by atoms with Crippen LogP contribution >= 0.6 is 0 Å². The Balaban J connectivity index is 1.99. The van der Waals surface area contributed by atoms with E-state index in [1.807, 2.05) is 24.3 Å². The molecule has 0 saturated heterocycles. The first-order valence-corrected chi connectivity index (χ1v) is 7.07. The summed E-state index contributed by atoms with van der Waals surface area (Å²) in [5, 5.41) is 12.9. The lowest BCUT2D eigenvalue weighted by Gasteiger charge is -2.22. The van der Waals surface area contributed by atoms with Gasteiger partial charge in [-0.25, -0.2) is 0 Å². The number of amides is 1. The first-order chi connectivity index (χ1) is 10.2. The summed E-state index contributed by atoms with van der Waals surface area (Å²) in [4.78, 5) is 14.6. The first kappa shape index (κ1) is 13.6. The van der Waals surface area contributed by atoms with Gasteiger partial charge in [0.15, 0.2) is 0 Å². The third-order valence-electron chi connectivity index (χ3n) is 3.80. The van der Waals surface area contributed by atoms with E-state index in [-0.39, 0.29) is 11.7 Å². The number of anilines is 1. The molecule has 0 fully saturated rings. The number of carbonyl (C=O) groups is 1. The van der Waals surface area contributed by atoms with Gasteiger partial charge in [-0.05, 0) is 42.3 Å². The predicted octanol–water partition coefficient (Wildman–Crippen LogP) is 2.45. The Morgan fingerprint density at radius 3 is 2.86 bits per heavy atom. The van der Waals surface area contributed by atoms with E-state index in [1.165, 1.54) is 0 Å². The van der Waals surface area contributed by atoms with Crippen molar-refractivity contribution in [2.45, 2.75) is 13.5 Å². The second-order valence-corrected chi connectivity index (χ2v) is 5.26. The quantitative estimate of drug-likeness (QED) is 0.844. The number of carbonyl (C=O) groups excluding carboxylic acids is 1. The van der Waals surface area contributed by atoms with Crippen LogP contribution in [-0.4, -0.2) is 24.1 Å². The normalized spacial score (nSPS) is 14.4. The molecule has 0 unspecified atom stereocenters. The van der Waals surface area contributed by atoms with E-state index in [0.29, 0.717) is 17.7 Å². The predicted molar refractivity (Wildman–Crippen MR) is 82.7 cm³/mol. The fourth-order valence-electron chi connectivity index (χ4n) is 2.61. The van der Waals surface area contributed by atoms with Gasteiger partial charge in [0.05, 0.1) is 0 Å². The van der Waals surface area contributed by atoms with E-state index in [4.69, 9.17) is 0 Å². The average Bonchev–Trinajstić information content (AvgIpc) is 2.71. The van der Waals surface area contributed by atoms with Crippen molar-refractivity contribution in [1.29, 1.82) is 0 Å². The molecule has 0 aliphatic carbocycles. The molecule has 2 N–H and O–H groups in total. The number of rotatable bonds is 1. The molecule has 4 heteroatoms. The summed E-state index contributed by atoms with van der Waals surface area (Å²) in [7, 11) is 0. The number of hydrogen-bond acceptors (Lipinski definition) is 3. The van der Waals surface area contributed by atoms with Gasteiger partial charge in [-0.2, -0.15) is 0 Å². The standard InChI is InChI=1S/C17H18N2O2/c1-12-10-13(6-7-16(12)20)17(21)19-9-8-18-11-14-4-2-3-5-15(14)19/h2-7,10,18,20H,8-9,11H2,1H3. The van der Waals surface area contributed by atoms with E-state index in [2.05, 4.69) is 5.32 Å². The van der Waals surface area contributed by atoms with Crippen LogP contribution in [0.3, 0.4) is 0 Å². The highest BCUT2D eigenvalue weighted by Gasteiger charge is 2.22. The van der Waals surface area contributed by atoms with Crippen LogP contribution in [0.25, 0.3) is 0 Å². The van der Waals surface area contributed by atoms with Crippen molar-refractivity contribution in [2.75, 3.05) is 18.0 Å². The molecule has 108 valence electrons. The molecule has 1 heterocycles. The third-order valence-corrected chi connectivity index (χ3v) is 3.80. The zero-order valence-electron chi connectivity index (χ0n) is 12.0. The highest BCUT2D eigenvalue weighted by Crippen LogP contribution is 2.25. The molecule has 0 bridgehead atoms. The van der Waals surface area contributed by atoms with E-state index in [0.717, 1.165) is 24.3 Å². The number of nitrogens with one attached hydrogen (secondary N) is 1. The van der Waals surface area contributed by atoms with Crippen molar-refractivity contribution in [1.82, 2.24) is 5.32 Å². The fraction of sp³-hybridized carbons (Fsp3) is 0.235. The third kappa shape index (κ3) is 2.62. The highest BCUT2D eigenvalue weighted by molar-refractivity contribution is 6.06. The molecule has 1 aliphatic heterocycles. The monoisotopic (exact) mass is 282 g/mol. The van der Waals surface area contributed by atoms with Crippen LogP contribution in [0.15, 0.2) is 42.5 Å². The summed E-state index contributed by atoms with van der Waals surface area (Å²) < 4.78 is 0. The molecular formula is C17H18N2O2. The van der Waals surface area contributed by atoms with Crippen LogP contribution in [0, 0.1) is 6.92 Å². The van der Waals surface area contributed by atoms with E-state index in [1.54, 1.807) is 30.0 Å². The van der Waals surface area contributed by atoms with Crippen LogP contribution in [0.2, 0.25) is 0 Å². The van der Waals surface area contributed by atoms with Crippen LogP contribution in [0.5, 0.6) is 5.75 Å². The van der Waals surface area contributed by atoms with Gasteiger partial charge in [0.2, 0.25) is 0 Å². The van der Waals surface area contributed by atoms with Gasteiger partial charge in [-0.3, -0.25) is 4.79 Å². The Morgan fingerprint density at radius 2 is 2.05 bits per heavy atom. The van der Waals surface area contributed by atoms with Crippen molar-refractivity contribution < 1.29 is 9.90 Å². The van der Waals surface area contributed by atoms with Crippen molar-refractivity contribution in [3.8, 4) is 5.75 Å². The number of aryl methyl sites for hydroxylation is 1. The highest BCUT2D eigenvalue weighted by atomic mass is 16.3. The number of aromatic hydroxyl groups is 1. The fourth-order valence-corrected chi connectivity index (χ4v) is 2.61. The molecule has 0 aromatic heterocycles. The van der Waals surface area contributed by atoms with Crippen molar-refractivity contribution >= 4 is 11.6 Å². The lowest BCUT2D eigenvalue weighted by molar-refractivity contribution is 0.0987. The Kier molecular flexibility index (Phi) is 3.62. The minimum absolute atomic E-state index is 0.0331. The first-order valence-electron chi connectivity index (χ1n) is 7.07. The maximum atomic E-state index is 12.8. The molecule has 0 atom stereocenters. The van der Waals surface area contributed by atoms with Gasteiger partial charge < -0.3 is 15.3 Å².